The average Bonchev–Trinajstić information content (AvgIpc) is 2.35. The van der Waals surface area contributed by atoms with Gasteiger partial charge in [-0.3, -0.25) is 4.79 Å². The molecule has 4 nitrogen and oxygen atoms in total. The minimum absolute atomic E-state index is 0.0500. The number of rotatable bonds is 2. The molecule has 98 valence electrons. The highest BCUT2D eigenvalue weighted by Gasteiger charge is 2.13. The third-order valence-electron chi connectivity index (χ3n) is 2.40. The van der Waals surface area contributed by atoms with Gasteiger partial charge in [0.25, 0.3) is 5.91 Å². The summed E-state index contributed by atoms with van der Waals surface area (Å²) in [5.74, 6) is -0.942. The maximum atomic E-state index is 12.0. The summed E-state index contributed by atoms with van der Waals surface area (Å²) < 4.78 is 0. The first-order chi connectivity index (χ1) is 8.97. The average molecular weight is 298 g/mol. The number of carbonyl (C=O) groups is 1. The lowest BCUT2D eigenvalue weighted by Gasteiger charge is -2.09. The number of halogens is 2. The molecule has 0 aliphatic heterocycles. The van der Waals surface area contributed by atoms with E-state index < -0.39 is 5.91 Å². The van der Waals surface area contributed by atoms with E-state index in [4.69, 9.17) is 23.2 Å². The Morgan fingerprint density at radius 3 is 2.47 bits per heavy atom. The minimum Gasteiger partial charge on any atom is -0.508 e. The number of anilines is 1. The largest absolute Gasteiger partial charge is 0.508 e. The number of hydrogen-bond donors (Lipinski definition) is 3. The fourth-order valence-corrected chi connectivity index (χ4v) is 1.94. The van der Waals surface area contributed by atoms with Crippen LogP contribution in [0.25, 0.3) is 0 Å². The molecule has 0 saturated heterocycles. The number of carbonyl (C=O) groups excluding carboxylic acids is 1. The van der Waals surface area contributed by atoms with E-state index in [1.54, 1.807) is 12.1 Å². The summed E-state index contributed by atoms with van der Waals surface area (Å²) in [4.78, 5) is 12.0. The SMILES string of the molecule is O=C(Nc1ccc(Cl)cc1Cl)c1cc(O)ccc1O. The summed E-state index contributed by atoms with van der Waals surface area (Å²) in [5.41, 5.74) is 0.310. The van der Waals surface area contributed by atoms with E-state index in [9.17, 15) is 15.0 Å². The fourth-order valence-electron chi connectivity index (χ4n) is 1.49. The Morgan fingerprint density at radius 2 is 1.79 bits per heavy atom. The lowest BCUT2D eigenvalue weighted by atomic mass is 10.1. The van der Waals surface area contributed by atoms with Crippen LogP contribution in [0.3, 0.4) is 0 Å². The van der Waals surface area contributed by atoms with E-state index >= 15 is 0 Å². The first-order valence-corrected chi connectivity index (χ1v) is 6.01. The molecule has 0 aromatic heterocycles. The first-order valence-electron chi connectivity index (χ1n) is 5.26. The van der Waals surface area contributed by atoms with Crippen molar-refractivity contribution in [3.05, 3.63) is 52.0 Å². The van der Waals surface area contributed by atoms with Crippen molar-refractivity contribution in [3.63, 3.8) is 0 Å². The molecule has 0 atom stereocenters. The van der Waals surface area contributed by atoms with Crippen LogP contribution in [0.2, 0.25) is 10.0 Å². The van der Waals surface area contributed by atoms with Crippen LogP contribution < -0.4 is 5.32 Å². The number of phenolic OH excluding ortho intramolecular Hbond substituents is 2. The quantitative estimate of drug-likeness (QED) is 0.741. The maximum Gasteiger partial charge on any atom is 0.259 e. The van der Waals surface area contributed by atoms with Crippen LogP contribution in [-0.2, 0) is 0 Å². The summed E-state index contributed by atoms with van der Waals surface area (Å²) in [6.07, 6.45) is 0. The van der Waals surface area contributed by atoms with Gasteiger partial charge in [-0.2, -0.15) is 0 Å². The van der Waals surface area contributed by atoms with E-state index in [0.717, 1.165) is 6.07 Å². The minimum atomic E-state index is -0.586. The van der Waals surface area contributed by atoms with Gasteiger partial charge in [0, 0.05) is 5.02 Å². The van der Waals surface area contributed by atoms with Crippen molar-refractivity contribution >= 4 is 34.8 Å². The molecule has 0 bridgehead atoms. The Bertz CT molecular complexity index is 644. The predicted octanol–water partition coefficient (Wildman–Crippen LogP) is 3.66. The van der Waals surface area contributed by atoms with Gasteiger partial charge in [0.15, 0.2) is 0 Å². The number of amides is 1. The van der Waals surface area contributed by atoms with Crippen LogP contribution in [-0.4, -0.2) is 16.1 Å². The van der Waals surface area contributed by atoms with Gasteiger partial charge in [-0.1, -0.05) is 23.2 Å². The standard InChI is InChI=1S/C13H9Cl2NO3/c14-7-1-3-11(10(15)5-7)16-13(19)9-6-8(17)2-4-12(9)18/h1-6,17-18H,(H,16,19). The van der Waals surface area contributed by atoms with Gasteiger partial charge >= 0.3 is 0 Å². The maximum absolute atomic E-state index is 12.0. The van der Waals surface area contributed by atoms with Gasteiger partial charge in [0.2, 0.25) is 0 Å². The number of aromatic hydroxyl groups is 2. The summed E-state index contributed by atoms with van der Waals surface area (Å²) in [6, 6.07) is 8.28. The Morgan fingerprint density at radius 1 is 1.05 bits per heavy atom. The molecular weight excluding hydrogens is 289 g/mol. The molecule has 0 fully saturated rings. The number of hydrogen-bond acceptors (Lipinski definition) is 3. The van der Waals surface area contributed by atoms with Crippen molar-refractivity contribution in [2.45, 2.75) is 0 Å². The van der Waals surface area contributed by atoms with E-state index in [0.29, 0.717) is 10.7 Å². The molecule has 2 aromatic rings. The zero-order valence-corrected chi connectivity index (χ0v) is 11.0. The van der Waals surface area contributed by atoms with E-state index in [-0.39, 0.29) is 22.1 Å². The highest BCUT2D eigenvalue weighted by Crippen LogP contribution is 2.27. The molecule has 3 N–H and O–H groups in total. The van der Waals surface area contributed by atoms with Crippen molar-refractivity contribution in [2.75, 3.05) is 5.32 Å². The van der Waals surface area contributed by atoms with E-state index in [2.05, 4.69) is 5.32 Å². The number of nitrogens with one attached hydrogen (secondary N) is 1. The molecule has 0 heterocycles. The number of phenols is 2. The Balaban J connectivity index is 2.28. The topological polar surface area (TPSA) is 69.6 Å². The summed E-state index contributed by atoms with van der Waals surface area (Å²) >= 11 is 11.7. The van der Waals surface area contributed by atoms with Gasteiger partial charge < -0.3 is 15.5 Å². The molecule has 6 heteroatoms. The van der Waals surface area contributed by atoms with Crippen molar-refractivity contribution < 1.29 is 15.0 Å². The lowest BCUT2D eigenvalue weighted by Crippen LogP contribution is -2.12. The van der Waals surface area contributed by atoms with Gasteiger partial charge in [0.1, 0.15) is 11.5 Å². The highest BCUT2D eigenvalue weighted by atomic mass is 35.5. The normalized spacial score (nSPS) is 10.2. The Kier molecular flexibility index (Phi) is 3.83. The van der Waals surface area contributed by atoms with Crippen LogP contribution in [0, 0.1) is 0 Å². The van der Waals surface area contributed by atoms with Crippen LogP contribution in [0.1, 0.15) is 10.4 Å². The summed E-state index contributed by atoms with van der Waals surface area (Å²) in [5, 5.41) is 22.1. The molecule has 0 unspecified atom stereocenters. The summed E-state index contributed by atoms with van der Waals surface area (Å²) in [6.45, 7) is 0. The van der Waals surface area contributed by atoms with Crippen molar-refractivity contribution in [3.8, 4) is 11.5 Å². The third kappa shape index (κ3) is 3.10. The molecule has 0 aliphatic rings. The van der Waals surface area contributed by atoms with E-state index in [1.165, 1.54) is 18.2 Å². The van der Waals surface area contributed by atoms with Gasteiger partial charge in [-0.25, -0.2) is 0 Å². The predicted molar refractivity (Wildman–Crippen MR) is 74.2 cm³/mol. The molecule has 0 saturated carbocycles. The second-order valence-electron chi connectivity index (χ2n) is 3.78. The second-order valence-corrected chi connectivity index (χ2v) is 4.62. The second kappa shape index (κ2) is 5.38. The highest BCUT2D eigenvalue weighted by molar-refractivity contribution is 6.36. The van der Waals surface area contributed by atoms with Crippen LogP contribution in [0.15, 0.2) is 36.4 Å². The van der Waals surface area contributed by atoms with Gasteiger partial charge in [0.05, 0.1) is 16.3 Å². The van der Waals surface area contributed by atoms with Crippen LogP contribution in [0.4, 0.5) is 5.69 Å². The monoisotopic (exact) mass is 297 g/mol. The third-order valence-corrected chi connectivity index (χ3v) is 2.95. The molecule has 2 rings (SSSR count). The first kappa shape index (κ1) is 13.5. The Labute approximate surface area is 119 Å². The molecule has 0 radical (unpaired) electrons. The van der Waals surface area contributed by atoms with Crippen molar-refractivity contribution in [1.29, 1.82) is 0 Å². The van der Waals surface area contributed by atoms with E-state index in [1.807, 2.05) is 0 Å². The number of benzene rings is 2. The fraction of sp³-hybridized carbons (Fsp3) is 0. The van der Waals surface area contributed by atoms with Crippen LogP contribution in [0.5, 0.6) is 11.5 Å². The van der Waals surface area contributed by atoms with Crippen LogP contribution >= 0.6 is 23.2 Å². The molecule has 1 amide bonds. The molecule has 2 aromatic carbocycles. The Hall–Kier alpha value is -1.91. The molecule has 0 spiro atoms. The van der Waals surface area contributed by atoms with Crippen molar-refractivity contribution in [2.24, 2.45) is 0 Å². The zero-order valence-electron chi connectivity index (χ0n) is 9.52. The smallest absolute Gasteiger partial charge is 0.259 e. The van der Waals surface area contributed by atoms with Gasteiger partial charge in [-0.05, 0) is 36.4 Å². The molecule has 0 aliphatic carbocycles. The molecule has 19 heavy (non-hydrogen) atoms. The van der Waals surface area contributed by atoms with Gasteiger partial charge in [-0.15, -0.1) is 0 Å². The lowest BCUT2D eigenvalue weighted by molar-refractivity contribution is 0.102. The van der Waals surface area contributed by atoms with Crippen molar-refractivity contribution in [1.82, 2.24) is 0 Å². The summed E-state index contributed by atoms with van der Waals surface area (Å²) in [7, 11) is 0. The zero-order chi connectivity index (χ0) is 14.0. The molecular formula is C13H9Cl2NO3.